The number of aromatic nitrogens is 1. The van der Waals surface area contributed by atoms with Gasteiger partial charge in [0.05, 0.1) is 11.6 Å². The molecule has 0 aliphatic carbocycles. The van der Waals surface area contributed by atoms with Crippen LogP contribution in [0.5, 0.6) is 0 Å². The fraction of sp³-hybridized carbons (Fsp3) is 0.214. The zero-order valence-electron chi connectivity index (χ0n) is 9.65. The lowest BCUT2D eigenvalue weighted by Crippen LogP contribution is -1.99. The number of benzene rings is 1. The predicted molar refractivity (Wildman–Crippen MR) is 71.3 cm³/mol. The van der Waals surface area contributed by atoms with E-state index in [-0.39, 0.29) is 0 Å². The number of hydrogen-bond acceptors (Lipinski definition) is 2. The second-order valence-corrected chi connectivity index (χ2v) is 4.41. The summed E-state index contributed by atoms with van der Waals surface area (Å²) < 4.78 is 0. The average molecular weight is 248 g/mol. The van der Waals surface area contributed by atoms with Crippen molar-refractivity contribution >= 4 is 22.5 Å². The van der Waals surface area contributed by atoms with Crippen LogP contribution in [0.2, 0.25) is 5.15 Å². The lowest BCUT2D eigenvalue weighted by atomic mass is 10.0. The van der Waals surface area contributed by atoms with E-state index in [0.717, 1.165) is 16.5 Å². The number of rotatable bonds is 3. The summed E-state index contributed by atoms with van der Waals surface area (Å²) in [6, 6.07) is 7.82. The molecule has 0 aliphatic rings. The molecule has 0 saturated heterocycles. The van der Waals surface area contributed by atoms with Crippen LogP contribution in [0.3, 0.4) is 0 Å². The van der Waals surface area contributed by atoms with Crippen molar-refractivity contribution in [3.05, 3.63) is 53.2 Å². The Morgan fingerprint density at radius 3 is 3.00 bits per heavy atom. The molecule has 17 heavy (non-hydrogen) atoms. The summed E-state index contributed by atoms with van der Waals surface area (Å²) in [7, 11) is 0. The van der Waals surface area contributed by atoms with E-state index in [4.69, 9.17) is 11.6 Å². The lowest BCUT2D eigenvalue weighted by molar-refractivity contribution is 0.181. The van der Waals surface area contributed by atoms with Crippen molar-refractivity contribution in [3.63, 3.8) is 0 Å². The van der Waals surface area contributed by atoms with Crippen LogP contribution in [0, 0.1) is 6.92 Å². The van der Waals surface area contributed by atoms with Gasteiger partial charge >= 0.3 is 0 Å². The van der Waals surface area contributed by atoms with Gasteiger partial charge in [0.1, 0.15) is 5.15 Å². The number of hydrogen-bond donors (Lipinski definition) is 1. The highest BCUT2D eigenvalue weighted by atomic mass is 35.5. The minimum atomic E-state index is -0.641. The van der Waals surface area contributed by atoms with Crippen LogP contribution < -0.4 is 0 Å². The fourth-order valence-corrected chi connectivity index (χ4v) is 2.12. The number of fused-ring (bicyclic) bond motifs is 1. The Kier molecular flexibility index (Phi) is 3.46. The third-order valence-corrected chi connectivity index (χ3v) is 3.08. The quantitative estimate of drug-likeness (QED) is 0.661. The number of aryl methyl sites for hydroxylation is 1. The van der Waals surface area contributed by atoms with Crippen molar-refractivity contribution in [2.75, 3.05) is 0 Å². The van der Waals surface area contributed by atoms with Crippen LogP contribution in [-0.4, -0.2) is 10.1 Å². The molecule has 2 rings (SSSR count). The van der Waals surface area contributed by atoms with E-state index in [1.54, 1.807) is 6.08 Å². The molecular formula is C14H14ClNO. The number of nitrogens with zero attached hydrogens (tertiary/aromatic N) is 1. The van der Waals surface area contributed by atoms with E-state index in [9.17, 15) is 5.11 Å². The maximum absolute atomic E-state index is 9.93. The van der Waals surface area contributed by atoms with Gasteiger partial charge in [0.25, 0.3) is 0 Å². The maximum Gasteiger partial charge on any atom is 0.135 e. The van der Waals surface area contributed by atoms with Gasteiger partial charge in [0, 0.05) is 10.9 Å². The molecule has 2 nitrogen and oxygen atoms in total. The average Bonchev–Trinajstić information content (AvgIpc) is 2.30. The highest BCUT2D eigenvalue weighted by Crippen LogP contribution is 2.28. The van der Waals surface area contributed by atoms with E-state index in [0.29, 0.717) is 17.1 Å². The predicted octanol–water partition coefficient (Wildman–Crippen LogP) is 3.81. The number of aliphatic hydroxyl groups is 1. The summed E-state index contributed by atoms with van der Waals surface area (Å²) in [6.45, 7) is 5.60. The second-order valence-electron chi connectivity index (χ2n) is 4.06. The molecule has 0 radical (unpaired) electrons. The van der Waals surface area contributed by atoms with Gasteiger partial charge in [-0.05, 0) is 25.0 Å². The molecule has 1 unspecified atom stereocenters. The third kappa shape index (κ3) is 2.33. The summed E-state index contributed by atoms with van der Waals surface area (Å²) >= 11 is 6.10. The van der Waals surface area contributed by atoms with Crippen LogP contribution in [0.1, 0.15) is 23.7 Å². The summed E-state index contributed by atoms with van der Waals surface area (Å²) in [4.78, 5) is 4.35. The summed E-state index contributed by atoms with van der Waals surface area (Å²) in [5, 5.41) is 11.3. The molecule has 1 aromatic heterocycles. The third-order valence-electron chi connectivity index (χ3n) is 2.78. The topological polar surface area (TPSA) is 33.1 Å². The van der Waals surface area contributed by atoms with Crippen LogP contribution in [0.25, 0.3) is 10.9 Å². The monoisotopic (exact) mass is 247 g/mol. The summed E-state index contributed by atoms with van der Waals surface area (Å²) in [5.74, 6) is 0. The first-order valence-electron chi connectivity index (χ1n) is 5.48. The van der Waals surface area contributed by atoms with Gasteiger partial charge in [-0.3, -0.25) is 0 Å². The molecule has 1 atom stereocenters. The van der Waals surface area contributed by atoms with E-state index in [1.165, 1.54) is 0 Å². The van der Waals surface area contributed by atoms with E-state index in [2.05, 4.69) is 11.6 Å². The molecule has 0 spiro atoms. The molecule has 2 aromatic rings. The Morgan fingerprint density at radius 1 is 1.53 bits per heavy atom. The Morgan fingerprint density at radius 2 is 2.29 bits per heavy atom. The van der Waals surface area contributed by atoms with Crippen molar-refractivity contribution < 1.29 is 5.11 Å². The minimum Gasteiger partial charge on any atom is -0.388 e. The molecule has 88 valence electrons. The number of halogens is 1. The number of aliphatic hydroxyl groups excluding tert-OH is 1. The largest absolute Gasteiger partial charge is 0.388 e. The molecule has 1 N–H and O–H groups in total. The van der Waals surface area contributed by atoms with Gasteiger partial charge < -0.3 is 5.11 Å². The van der Waals surface area contributed by atoms with Gasteiger partial charge in [-0.1, -0.05) is 35.9 Å². The Hall–Kier alpha value is -1.38. The standard InChI is InChI=1S/C14H14ClNO/c1-3-5-12(17)11-8-10-7-4-6-9(2)13(10)16-14(11)15/h3-4,6-8,12,17H,1,5H2,2H3. The molecule has 0 fully saturated rings. The SMILES string of the molecule is C=CCC(O)c1cc2cccc(C)c2nc1Cl. The number of para-hydroxylation sites is 1. The smallest absolute Gasteiger partial charge is 0.135 e. The highest BCUT2D eigenvalue weighted by Gasteiger charge is 2.13. The van der Waals surface area contributed by atoms with Crippen molar-refractivity contribution in [1.82, 2.24) is 4.98 Å². The maximum atomic E-state index is 9.93. The normalized spacial score (nSPS) is 12.6. The number of pyridine rings is 1. The van der Waals surface area contributed by atoms with Crippen LogP contribution in [0.4, 0.5) is 0 Å². The van der Waals surface area contributed by atoms with Gasteiger partial charge in [0.15, 0.2) is 0 Å². The molecule has 0 aliphatic heterocycles. The first kappa shape index (κ1) is 12.1. The first-order valence-corrected chi connectivity index (χ1v) is 5.86. The van der Waals surface area contributed by atoms with Crippen LogP contribution >= 0.6 is 11.6 Å². The molecule has 0 bridgehead atoms. The minimum absolute atomic E-state index is 0.362. The zero-order valence-corrected chi connectivity index (χ0v) is 10.4. The van der Waals surface area contributed by atoms with Gasteiger partial charge in [-0.15, -0.1) is 6.58 Å². The fourth-order valence-electron chi connectivity index (χ4n) is 1.86. The van der Waals surface area contributed by atoms with Crippen molar-refractivity contribution in [1.29, 1.82) is 0 Å². The van der Waals surface area contributed by atoms with E-state index < -0.39 is 6.10 Å². The molecular weight excluding hydrogens is 234 g/mol. The van der Waals surface area contributed by atoms with Gasteiger partial charge in [0.2, 0.25) is 0 Å². The van der Waals surface area contributed by atoms with Gasteiger partial charge in [-0.2, -0.15) is 0 Å². The first-order chi connectivity index (χ1) is 8.13. The van der Waals surface area contributed by atoms with Crippen molar-refractivity contribution in [2.45, 2.75) is 19.4 Å². The summed E-state index contributed by atoms with van der Waals surface area (Å²) in [5.41, 5.74) is 2.62. The van der Waals surface area contributed by atoms with Gasteiger partial charge in [-0.25, -0.2) is 4.98 Å². The van der Waals surface area contributed by atoms with Crippen molar-refractivity contribution in [2.24, 2.45) is 0 Å². The van der Waals surface area contributed by atoms with Crippen molar-refractivity contribution in [3.8, 4) is 0 Å². The van der Waals surface area contributed by atoms with E-state index in [1.807, 2.05) is 31.2 Å². The molecule has 1 aromatic carbocycles. The molecule has 3 heteroatoms. The van der Waals surface area contributed by atoms with Crippen LogP contribution in [-0.2, 0) is 0 Å². The van der Waals surface area contributed by atoms with E-state index >= 15 is 0 Å². The Bertz CT molecular complexity index is 565. The van der Waals surface area contributed by atoms with Crippen LogP contribution in [0.15, 0.2) is 36.9 Å². The molecule has 0 saturated carbocycles. The Balaban J connectivity index is 2.59. The lowest BCUT2D eigenvalue weighted by Gasteiger charge is -2.12. The second kappa shape index (κ2) is 4.86. The molecule has 0 amide bonds. The Labute approximate surface area is 106 Å². The zero-order chi connectivity index (χ0) is 12.4. The highest BCUT2D eigenvalue weighted by molar-refractivity contribution is 6.30. The summed E-state index contributed by atoms with van der Waals surface area (Å²) in [6.07, 6.45) is 1.50. The molecule has 1 heterocycles.